The van der Waals surface area contributed by atoms with Gasteiger partial charge < -0.3 is 15.2 Å². The Balaban J connectivity index is 1.89. The fourth-order valence-corrected chi connectivity index (χ4v) is 2.21. The van der Waals surface area contributed by atoms with Crippen LogP contribution in [0.5, 0.6) is 11.5 Å². The first-order valence-electron chi connectivity index (χ1n) is 8.83. The maximum Gasteiger partial charge on any atom is 0.119 e. The van der Waals surface area contributed by atoms with Gasteiger partial charge >= 0.3 is 0 Å². The topological polar surface area (TPSA) is 44.5 Å². The minimum Gasteiger partial charge on any atom is -0.493 e. The zero-order valence-corrected chi connectivity index (χ0v) is 16.1. The Kier molecular flexibility index (Phi) is 6.12. The molecule has 0 saturated carbocycles. The van der Waals surface area contributed by atoms with Crippen LogP contribution in [0.15, 0.2) is 48.5 Å². The first-order chi connectivity index (χ1) is 11.6. The summed E-state index contributed by atoms with van der Waals surface area (Å²) in [5.41, 5.74) is 8.30. The molecule has 2 aromatic rings. The second-order valence-corrected chi connectivity index (χ2v) is 8.59. The third-order valence-corrected chi connectivity index (χ3v) is 3.54. The lowest BCUT2D eigenvalue weighted by Crippen LogP contribution is -2.38. The molecule has 2 N–H and O–H groups in total. The maximum absolute atomic E-state index is 5.94. The molecule has 0 heterocycles. The quantitative estimate of drug-likeness (QED) is 0.785. The molecule has 0 aliphatic rings. The average Bonchev–Trinajstić information content (AvgIpc) is 2.52. The predicted molar refractivity (Wildman–Crippen MR) is 104 cm³/mol. The van der Waals surface area contributed by atoms with Crippen LogP contribution in [-0.4, -0.2) is 18.8 Å². The van der Waals surface area contributed by atoms with Crippen molar-refractivity contribution in [2.45, 2.75) is 46.6 Å². The van der Waals surface area contributed by atoms with Crippen LogP contribution in [0.1, 0.15) is 45.7 Å². The summed E-state index contributed by atoms with van der Waals surface area (Å²) in [5, 5.41) is 0. The van der Waals surface area contributed by atoms with Gasteiger partial charge in [-0.15, -0.1) is 0 Å². The second kappa shape index (κ2) is 7.92. The molecule has 0 radical (unpaired) electrons. The van der Waals surface area contributed by atoms with Gasteiger partial charge in [-0.2, -0.15) is 0 Å². The monoisotopic (exact) mass is 341 g/mol. The van der Waals surface area contributed by atoms with Gasteiger partial charge in [0, 0.05) is 5.54 Å². The van der Waals surface area contributed by atoms with Crippen LogP contribution in [0.2, 0.25) is 0 Å². The van der Waals surface area contributed by atoms with E-state index in [9.17, 15) is 0 Å². The summed E-state index contributed by atoms with van der Waals surface area (Å²) in [6, 6.07) is 16.5. The smallest absolute Gasteiger partial charge is 0.119 e. The van der Waals surface area contributed by atoms with Crippen molar-refractivity contribution < 1.29 is 9.47 Å². The molecule has 0 saturated heterocycles. The van der Waals surface area contributed by atoms with Gasteiger partial charge in [0.05, 0.1) is 6.61 Å². The van der Waals surface area contributed by atoms with E-state index in [-0.39, 0.29) is 11.0 Å². The Labute approximate surface area is 152 Å². The Bertz CT molecular complexity index is 587. The van der Waals surface area contributed by atoms with E-state index in [1.807, 2.05) is 38.1 Å². The van der Waals surface area contributed by atoms with Crippen LogP contribution >= 0.6 is 0 Å². The molecule has 136 valence electrons. The fraction of sp³-hybridized carbons (Fsp3) is 0.455. The Hall–Kier alpha value is -2.00. The molecular weight excluding hydrogens is 310 g/mol. The molecule has 0 aliphatic carbocycles. The summed E-state index contributed by atoms with van der Waals surface area (Å²) in [6.07, 6.45) is 0.891. The lowest BCUT2D eigenvalue weighted by atomic mass is 9.99. The van der Waals surface area contributed by atoms with E-state index in [2.05, 4.69) is 45.0 Å². The van der Waals surface area contributed by atoms with E-state index in [0.717, 1.165) is 17.9 Å². The van der Waals surface area contributed by atoms with E-state index >= 15 is 0 Å². The minimum absolute atomic E-state index is 0.168. The summed E-state index contributed by atoms with van der Waals surface area (Å²) in [6.45, 7) is 11.6. The molecule has 0 aliphatic heterocycles. The molecule has 25 heavy (non-hydrogen) atoms. The van der Waals surface area contributed by atoms with Crippen molar-refractivity contribution in [3.05, 3.63) is 59.7 Å². The summed E-state index contributed by atoms with van der Waals surface area (Å²) >= 11 is 0. The number of hydrogen-bond donors (Lipinski definition) is 1. The molecule has 0 atom stereocenters. The van der Waals surface area contributed by atoms with Crippen molar-refractivity contribution >= 4 is 0 Å². The lowest BCUT2D eigenvalue weighted by Gasteiger charge is -2.19. The zero-order chi connectivity index (χ0) is 18.5. The first kappa shape index (κ1) is 19.3. The highest BCUT2D eigenvalue weighted by molar-refractivity contribution is 5.34. The highest BCUT2D eigenvalue weighted by atomic mass is 16.5. The number of hydrogen-bond acceptors (Lipinski definition) is 3. The fourth-order valence-electron chi connectivity index (χ4n) is 2.21. The van der Waals surface area contributed by atoms with Gasteiger partial charge in [0.2, 0.25) is 0 Å². The molecule has 0 amide bonds. The molecule has 3 nitrogen and oxygen atoms in total. The predicted octanol–water partition coefficient (Wildman–Crippen LogP) is 4.82. The number of nitrogens with two attached hydrogens (primary N) is 1. The summed E-state index contributed by atoms with van der Waals surface area (Å²) in [5.74, 6) is 1.78. The third kappa shape index (κ3) is 7.61. The van der Waals surface area contributed by atoms with Gasteiger partial charge in [-0.05, 0) is 61.1 Å². The van der Waals surface area contributed by atoms with E-state index in [1.165, 1.54) is 11.1 Å². The van der Waals surface area contributed by atoms with Crippen molar-refractivity contribution in [1.29, 1.82) is 0 Å². The van der Waals surface area contributed by atoms with Gasteiger partial charge in [-0.25, -0.2) is 0 Å². The summed E-state index contributed by atoms with van der Waals surface area (Å²) in [4.78, 5) is 0. The molecule has 0 spiro atoms. The van der Waals surface area contributed by atoms with Crippen molar-refractivity contribution in [2.24, 2.45) is 11.1 Å². The molecular formula is C22H31NO2. The van der Waals surface area contributed by atoms with E-state index < -0.39 is 0 Å². The number of ether oxygens (including phenoxy) is 2. The van der Waals surface area contributed by atoms with Crippen LogP contribution in [-0.2, 0) is 6.42 Å². The van der Waals surface area contributed by atoms with Gasteiger partial charge in [-0.1, -0.05) is 45.0 Å². The van der Waals surface area contributed by atoms with Crippen LogP contribution in [0.3, 0.4) is 0 Å². The largest absolute Gasteiger partial charge is 0.493 e. The SMILES string of the molecule is CC(C)(C)COc1ccc(Cc2ccc(OCC(C)(C)N)cc2)cc1. The maximum atomic E-state index is 5.94. The van der Waals surface area contributed by atoms with Crippen molar-refractivity contribution in [1.82, 2.24) is 0 Å². The molecule has 0 aromatic heterocycles. The molecule has 3 heteroatoms. The normalized spacial score (nSPS) is 12.1. The van der Waals surface area contributed by atoms with Gasteiger partial charge in [0.25, 0.3) is 0 Å². The Morgan fingerprint density at radius 1 is 0.680 bits per heavy atom. The minimum atomic E-state index is -0.324. The number of rotatable bonds is 7. The van der Waals surface area contributed by atoms with E-state index in [4.69, 9.17) is 15.2 Å². The number of benzene rings is 2. The Morgan fingerprint density at radius 2 is 1.08 bits per heavy atom. The van der Waals surface area contributed by atoms with Crippen LogP contribution in [0.4, 0.5) is 0 Å². The molecule has 2 aromatic carbocycles. The molecule has 0 bridgehead atoms. The van der Waals surface area contributed by atoms with E-state index in [1.54, 1.807) is 0 Å². The van der Waals surface area contributed by atoms with Crippen molar-refractivity contribution in [3.8, 4) is 11.5 Å². The van der Waals surface area contributed by atoms with Gasteiger partial charge in [0.15, 0.2) is 0 Å². The Morgan fingerprint density at radius 3 is 1.44 bits per heavy atom. The van der Waals surface area contributed by atoms with Crippen LogP contribution in [0, 0.1) is 5.41 Å². The van der Waals surface area contributed by atoms with Crippen LogP contribution < -0.4 is 15.2 Å². The van der Waals surface area contributed by atoms with Crippen LogP contribution in [0.25, 0.3) is 0 Å². The van der Waals surface area contributed by atoms with Gasteiger partial charge in [0.1, 0.15) is 18.1 Å². The lowest BCUT2D eigenvalue weighted by molar-refractivity contribution is 0.198. The standard InChI is InChI=1S/C22H31NO2/c1-21(2,3)15-24-19-10-6-17(7-11-19)14-18-8-12-20(13-9-18)25-16-22(4,5)23/h6-13H,14-16,23H2,1-5H3. The van der Waals surface area contributed by atoms with Crippen molar-refractivity contribution in [2.75, 3.05) is 13.2 Å². The summed E-state index contributed by atoms with van der Waals surface area (Å²) in [7, 11) is 0. The molecule has 0 fully saturated rings. The molecule has 2 rings (SSSR count). The zero-order valence-electron chi connectivity index (χ0n) is 16.1. The third-order valence-electron chi connectivity index (χ3n) is 3.54. The van der Waals surface area contributed by atoms with Gasteiger partial charge in [-0.3, -0.25) is 0 Å². The average molecular weight is 341 g/mol. The molecule has 0 unspecified atom stereocenters. The van der Waals surface area contributed by atoms with E-state index in [0.29, 0.717) is 13.2 Å². The summed E-state index contributed by atoms with van der Waals surface area (Å²) < 4.78 is 11.5. The first-order valence-corrected chi connectivity index (χ1v) is 8.83. The second-order valence-electron chi connectivity index (χ2n) is 8.59. The highest BCUT2D eigenvalue weighted by Gasteiger charge is 2.12. The van der Waals surface area contributed by atoms with Crippen molar-refractivity contribution in [3.63, 3.8) is 0 Å². The highest BCUT2D eigenvalue weighted by Crippen LogP contribution is 2.20.